The number of amides is 1. The summed E-state index contributed by atoms with van der Waals surface area (Å²) in [6, 6.07) is 20.6. The first-order valence-corrected chi connectivity index (χ1v) is 17.0. The number of aliphatic imine (C=N–C) groups is 1. The van der Waals surface area contributed by atoms with Crippen LogP contribution in [0.25, 0.3) is 0 Å². The number of benzene rings is 3. The van der Waals surface area contributed by atoms with Crippen LogP contribution in [0.1, 0.15) is 24.5 Å². The first-order valence-electron chi connectivity index (χ1n) is 13.7. The molecule has 3 aromatic rings. The van der Waals surface area contributed by atoms with E-state index in [-0.39, 0.29) is 24.7 Å². The number of hydrogen-bond acceptors (Lipinski definition) is 8. The quantitative estimate of drug-likeness (QED) is 0.223. The summed E-state index contributed by atoms with van der Waals surface area (Å²) in [5.41, 5.74) is 10.2. The minimum absolute atomic E-state index is 0.0337. The van der Waals surface area contributed by atoms with Crippen molar-refractivity contribution in [2.45, 2.75) is 44.8 Å². The third kappa shape index (κ3) is 6.58. The Morgan fingerprint density at radius 1 is 1.10 bits per heavy atom. The molecule has 0 aromatic heterocycles. The van der Waals surface area contributed by atoms with E-state index >= 15 is 0 Å². The van der Waals surface area contributed by atoms with Crippen LogP contribution in [-0.2, 0) is 4.79 Å². The van der Waals surface area contributed by atoms with Crippen molar-refractivity contribution in [3.8, 4) is 11.5 Å². The number of rotatable bonds is 9. The van der Waals surface area contributed by atoms with Gasteiger partial charge in [0.15, 0.2) is 0 Å². The Hall–Kier alpha value is -3.41. The summed E-state index contributed by atoms with van der Waals surface area (Å²) in [6.45, 7) is 6.46. The molecule has 3 atom stereocenters. The highest BCUT2D eigenvalue weighted by Gasteiger charge is 2.40. The molecule has 0 aliphatic carbocycles. The number of anilines is 1. The maximum Gasteiger partial charge on any atom is 0.222 e. The van der Waals surface area contributed by atoms with E-state index in [1.807, 2.05) is 79.8 Å². The zero-order chi connectivity index (χ0) is 29.1. The molecule has 2 heterocycles. The molecular weight excluding hydrogens is 558 g/mol. The van der Waals surface area contributed by atoms with Crippen molar-refractivity contribution in [1.29, 1.82) is 0 Å². The summed E-state index contributed by atoms with van der Waals surface area (Å²) < 4.78 is 11.4. The second kappa shape index (κ2) is 12.2. The number of ether oxygens (including phenoxy) is 2. The van der Waals surface area contributed by atoms with E-state index in [9.17, 15) is 9.59 Å². The fraction of sp³-hybridized carbons (Fsp3) is 0.333. The minimum atomic E-state index is -2.43. The molecule has 41 heavy (non-hydrogen) atoms. The molecule has 9 nitrogen and oxygen atoms in total. The van der Waals surface area contributed by atoms with Crippen molar-refractivity contribution < 1.29 is 19.1 Å². The molecule has 0 saturated carbocycles. The van der Waals surface area contributed by atoms with Crippen LogP contribution in [0, 0.1) is 0 Å². The lowest BCUT2D eigenvalue weighted by molar-refractivity contribution is -0.121. The van der Waals surface area contributed by atoms with Gasteiger partial charge in [0.25, 0.3) is 0 Å². The summed E-state index contributed by atoms with van der Waals surface area (Å²) in [5.74, 6) is 1.27. The maximum absolute atomic E-state index is 13.2. The molecule has 3 aromatic carbocycles. The van der Waals surface area contributed by atoms with E-state index in [2.05, 4.69) is 28.0 Å². The van der Waals surface area contributed by atoms with Crippen molar-refractivity contribution in [2.24, 2.45) is 4.99 Å². The average molecular weight is 594 g/mol. The van der Waals surface area contributed by atoms with Crippen LogP contribution in [-0.4, -0.2) is 63.4 Å². The minimum Gasteiger partial charge on any atom is -0.497 e. The van der Waals surface area contributed by atoms with Crippen LogP contribution < -0.4 is 35.7 Å². The van der Waals surface area contributed by atoms with Crippen LogP contribution in [0.4, 0.5) is 5.69 Å². The second-order valence-corrected chi connectivity index (χ2v) is 14.9. The number of nitrogens with one attached hydrogen (secondary N) is 3. The van der Waals surface area contributed by atoms with Gasteiger partial charge in [-0.25, -0.2) is 10.9 Å². The number of carbonyl (C=O) groups is 1. The first kappa shape index (κ1) is 29.1. The summed E-state index contributed by atoms with van der Waals surface area (Å²) >= 11 is 6.19. The van der Waals surface area contributed by atoms with Crippen molar-refractivity contribution in [1.82, 2.24) is 16.2 Å². The van der Waals surface area contributed by atoms with E-state index < -0.39 is 14.4 Å². The lowest BCUT2D eigenvalue weighted by Gasteiger charge is -2.31. The van der Waals surface area contributed by atoms with Crippen molar-refractivity contribution in [3.63, 3.8) is 0 Å². The normalized spacial score (nSPS) is 20.0. The molecule has 0 radical (unpaired) electrons. The molecular formula is C30H36ClN5O4Si. The van der Waals surface area contributed by atoms with Gasteiger partial charge in [-0.3, -0.25) is 9.79 Å². The summed E-state index contributed by atoms with van der Waals surface area (Å²) in [4.78, 5) is 31.0. The molecule has 11 heteroatoms. The highest BCUT2D eigenvalue weighted by atomic mass is 35.5. The van der Waals surface area contributed by atoms with Crippen LogP contribution in [0.5, 0.6) is 11.5 Å². The van der Waals surface area contributed by atoms with Gasteiger partial charge in [-0.15, -0.1) is 0 Å². The van der Waals surface area contributed by atoms with Gasteiger partial charge < -0.3 is 24.5 Å². The number of methoxy groups -OCH3 is 1. The number of halogens is 1. The van der Waals surface area contributed by atoms with Gasteiger partial charge in [-0.1, -0.05) is 35.9 Å². The molecule has 5 rings (SSSR count). The molecule has 2 aliphatic heterocycles. The van der Waals surface area contributed by atoms with E-state index in [0.29, 0.717) is 23.9 Å². The zero-order valence-corrected chi connectivity index (χ0v) is 25.4. The van der Waals surface area contributed by atoms with Crippen LogP contribution in [0.15, 0.2) is 71.7 Å². The SMILES string of the molecule is COc1ccc2c(c1)C(c1ccc(Cl)cc1)=NC(CC(=O)NCCOc1cccc([Si](C)(C)O)c1)C1NNC(C)N21. The van der Waals surface area contributed by atoms with Crippen LogP contribution >= 0.6 is 11.6 Å². The van der Waals surface area contributed by atoms with Gasteiger partial charge >= 0.3 is 0 Å². The monoisotopic (exact) mass is 593 g/mol. The van der Waals surface area contributed by atoms with Crippen molar-refractivity contribution >= 4 is 42.4 Å². The van der Waals surface area contributed by atoms with Gasteiger partial charge in [-0.2, -0.15) is 0 Å². The molecule has 1 amide bonds. The molecule has 2 aliphatic rings. The van der Waals surface area contributed by atoms with E-state index in [1.165, 1.54) is 0 Å². The topological polar surface area (TPSA) is 107 Å². The van der Waals surface area contributed by atoms with Gasteiger partial charge in [0, 0.05) is 21.8 Å². The average Bonchev–Trinajstić information content (AvgIpc) is 3.28. The summed E-state index contributed by atoms with van der Waals surface area (Å²) in [5, 5.41) is 4.52. The lowest BCUT2D eigenvalue weighted by Crippen LogP contribution is -2.48. The predicted molar refractivity (Wildman–Crippen MR) is 165 cm³/mol. The van der Waals surface area contributed by atoms with Gasteiger partial charge in [-0.05, 0) is 67.7 Å². The van der Waals surface area contributed by atoms with Gasteiger partial charge in [0.1, 0.15) is 24.3 Å². The second-order valence-electron chi connectivity index (χ2n) is 10.7. The predicted octanol–water partition coefficient (Wildman–Crippen LogP) is 3.14. The Labute approximate surface area is 246 Å². The Bertz CT molecular complexity index is 1430. The zero-order valence-electron chi connectivity index (χ0n) is 23.6. The fourth-order valence-corrected chi connectivity index (χ4v) is 6.30. The van der Waals surface area contributed by atoms with Crippen LogP contribution in [0.3, 0.4) is 0 Å². The van der Waals surface area contributed by atoms with Crippen molar-refractivity contribution in [2.75, 3.05) is 25.2 Å². The fourth-order valence-electron chi connectivity index (χ4n) is 5.17. The number of hydrazine groups is 1. The Kier molecular flexibility index (Phi) is 8.67. The molecule has 216 valence electrons. The summed E-state index contributed by atoms with van der Waals surface area (Å²) in [7, 11) is -0.784. The highest BCUT2D eigenvalue weighted by molar-refractivity contribution is 6.83. The molecule has 1 fully saturated rings. The van der Waals surface area contributed by atoms with Gasteiger partial charge in [0.05, 0.1) is 38.0 Å². The third-order valence-corrected chi connectivity index (χ3v) is 9.27. The van der Waals surface area contributed by atoms with E-state index in [4.69, 9.17) is 26.1 Å². The first-order chi connectivity index (χ1) is 19.6. The lowest BCUT2D eigenvalue weighted by atomic mass is 9.99. The standard InChI is InChI=1S/C30H36ClN5O4Si/c1-19-34-35-30-26(18-28(37)32-14-15-40-23-6-5-7-24(16-23)41(3,4)38)33-29(20-8-10-21(31)11-9-20)25-17-22(39-2)12-13-27(25)36(19)30/h5-13,16-17,19,26,30,34-35,38H,14-15,18H2,1-4H3,(H,32,37). The van der Waals surface area contributed by atoms with Crippen molar-refractivity contribution in [3.05, 3.63) is 82.9 Å². The van der Waals surface area contributed by atoms with Crippen LogP contribution in [0.2, 0.25) is 18.1 Å². The van der Waals surface area contributed by atoms with Gasteiger partial charge in [0.2, 0.25) is 14.2 Å². The Balaban J connectivity index is 1.35. The number of carbonyl (C=O) groups excluding carboxylic acids is 1. The number of nitrogens with zero attached hydrogens (tertiary/aromatic N) is 2. The third-order valence-electron chi connectivity index (χ3n) is 7.30. The number of hydrogen-bond donors (Lipinski definition) is 4. The molecule has 0 bridgehead atoms. The smallest absolute Gasteiger partial charge is 0.222 e. The molecule has 1 saturated heterocycles. The molecule has 3 unspecified atom stereocenters. The number of fused-ring (bicyclic) bond motifs is 3. The Morgan fingerprint density at radius 2 is 1.88 bits per heavy atom. The molecule has 4 N–H and O–H groups in total. The van der Waals surface area contributed by atoms with E-state index in [1.54, 1.807) is 7.11 Å². The van der Waals surface area contributed by atoms with E-state index in [0.717, 1.165) is 33.5 Å². The maximum atomic E-state index is 13.2. The Morgan fingerprint density at radius 3 is 2.61 bits per heavy atom. The highest BCUT2D eigenvalue weighted by Crippen LogP contribution is 2.36. The molecule has 0 spiro atoms. The largest absolute Gasteiger partial charge is 0.497 e. The summed E-state index contributed by atoms with van der Waals surface area (Å²) in [6.07, 6.45) is -0.115.